The molecule has 18 heavy (non-hydrogen) atoms. The van der Waals surface area contributed by atoms with Crippen molar-refractivity contribution in [2.24, 2.45) is 0 Å². The van der Waals surface area contributed by atoms with Gasteiger partial charge in [0.2, 0.25) is 10.0 Å². The van der Waals surface area contributed by atoms with Crippen LogP contribution in [0.2, 0.25) is 0 Å². The van der Waals surface area contributed by atoms with Crippen molar-refractivity contribution in [1.29, 1.82) is 0 Å². The van der Waals surface area contributed by atoms with E-state index in [4.69, 9.17) is 4.74 Å². The number of nitrogens with one attached hydrogen (secondary N) is 1. The van der Waals surface area contributed by atoms with E-state index in [0.717, 1.165) is 8.04 Å². The quantitative estimate of drug-likeness (QED) is 0.681. The van der Waals surface area contributed by atoms with Crippen molar-refractivity contribution in [2.75, 3.05) is 17.1 Å². The molecule has 0 aliphatic heterocycles. The molecule has 0 bridgehead atoms. The third-order valence-corrected chi connectivity index (χ3v) is 4.56. The van der Waals surface area contributed by atoms with Gasteiger partial charge < -0.3 is 4.74 Å². The normalized spacial score (nSPS) is 11.8. The van der Waals surface area contributed by atoms with E-state index in [0.29, 0.717) is 5.69 Å². The first-order valence-electron chi connectivity index (χ1n) is 5.37. The zero-order valence-corrected chi connectivity index (χ0v) is 14.7. The summed E-state index contributed by atoms with van der Waals surface area (Å²) in [5, 5.41) is 0. The van der Waals surface area contributed by atoms with Crippen LogP contribution in [0.15, 0.2) is 22.7 Å². The van der Waals surface area contributed by atoms with Crippen LogP contribution < -0.4 is 4.72 Å². The van der Waals surface area contributed by atoms with Crippen molar-refractivity contribution in [1.82, 2.24) is 0 Å². The summed E-state index contributed by atoms with van der Waals surface area (Å²) in [5.41, 5.74) is 0.542. The molecule has 0 aliphatic carbocycles. The van der Waals surface area contributed by atoms with Crippen molar-refractivity contribution in [3.05, 3.63) is 26.2 Å². The van der Waals surface area contributed by atoms with Crippen LogP contribution in [0.4, 0.5) is 5.69 Å². The highest BCUT2D eigenvalue weighted by atomic mass is 127. The molecule has 1 aromatic carbocycles. The molecule has 4 nitrogen and oxygen atoms in total. The predicted molar refractivity (Wildman–Crippen MR) is 85.4 cm³/mol. The third-order valence-electron chi connectivity index (χ3n) is 2.00. The minimum atomic E-state index is -3.37. The van der Waals surface area contributed by atoms with Gasteiger partial charge >= 0.3 is 0 Å². The SMILES string of the molecule is CC(C)OCCS(=O)(=O)Nc1ccc(I)cc1Br. The fourth-order valence-corrected chi connectivity index (χ4v) is 3.64. The maximum atomic E-state index is 11.8. The van der Waals surface area contributed by atoms with Gasteiger partial charge in [-0.05, 0) is 70.6 Å². The summed E-state index contributed by atoms with van der Waals surface area (Å²) in [7, 11) is -3.37. The van der Waals surface area contributed by atoms with E-state index in [9.17, 15) is 8.42 Å². The Morgan fingerprint density at radius 3 is 2.67 bits per heavy atom. The summed E-state index contributed by atoms with van der Waals surface area (Å²) < 4.78 is 33.1. The highest BCUT2D eigenvalue weighted by Gasteiger charge is 2.12. The van der Waals surface area contributed by atoms with Crippen LogP contribution in [0.3, 0.4) is 0 Å². The molecule has 0 heterocycles. The molecular weight excluding hydrogens is 433 g/mol. The molecule has 102 valence electrons. The summed E-state index contributed by atoms with van der Waals surface area (Å²) >= 11 is 5.49. The number of hydrogen-bond acceptors (Lipinski definition) is 3. The highest BCUT2D eigenvalue weighted by Crippen LogP contribution is 2.25. The number of anilines is 1. The summed E-state index contributed by atoms with van der Waals surface area (Å²) in [6.07, 6.45) is 0.0326. The van der Waals surface area contributed by atoms with E-state index in [2.05, 4.69) is 43.2 Å². The predicted octanol–water partition coefficient (Wildman–Crippen LogP) is 3.22. The number of rotatable bonds is 6. The van der Waals surface area contributed by atoms with Crippen molar-refractivity contribution >= 4 is 54.2 Å². The lowest BCUT2D eigenvalue weighted by molar-refractivity contribution is 0.0913. The van der Waals surface area contributed by atoms with Gasteiger partial charge in [0, 0.05) is 8.04 Å². The van der Waals surface area contributed by atoms with E-state index in [1.165, 1.54) is 0 Å². The topological polar surface area (TPSA) is 55.4 Å². The lowest BCUT2D eigenvalue weighted by atomic mass is 10.3. The molecule has 1 aromatic rings. The van der Waals surface area contributed by atoms with Crippen LogP contribution in [0, 0.1) is 3.57 Å². The molecular formula is C11H15BrINO3S. The van der Waals surface area contributed by atoms with Crippen molar-refractivity contribution in [2.45, 2.75) is 20.0 Å². The number of hydrogen-bond donors (Lipinski definition) is 1. The molecule has 0 atom stereocenters. The minimum Gasteiger partial charge on any atom is -0.378 e. The molecule has 0 radical (unpaired) electrons. The van der Waals surface area contributed by atoms with Gasteiger partial charge in [-0.1, -0.05) is 0 Å². The summed E-state index contributed by atoms with van der Waals surface area (Å²) in [5.74, 6) is -0.0520. The lowest BCUT2D eigenvalue weighted by Crippen LogP contribution is -2.21. The van der Waals surface area contributed by atoms with Gasteiger partial charge in [0.1, 0.15) is 0 Å². The fourth-order valence-electron chi connectivity index (χ4n) is 1.18. The van der Waals surface area contributed by atoms with Crippen molar-refractivity contribution < 1.29 is 13.2 Å². The van der Waals surface area contributed by atoms with Crippen LogP contribution in [0.5, 0.6) is 0 Å². The first kappa shape index (κ1) is 16.2. The summed E-state index contributed by atoms with van der Waals surface area (Å²) in [6, 6.07) is 5.42. The van der Waals surface area contributed by atoms with Crippen LogP contribution in [-0.4, -0.2) is 26.9 Å². The zero-order valence-electron chi connectivity index (χ0n) is 10.1. The molecule has 0 aliphatic rings. The first-order chi connectivity index (χ1) is 8.30. The van der Waals surface area contributed by atoms with Crippen LogP contribution in [-0.2, 0) is 14.8 Å². The Hall–Kier alpha value is 0.140. The Morgan fingerprint density at radius 2 is 2.11 bits per heavy atom. The van der Waals surface area contributed by atoms with Gasteiger partial charge in [-0.3, -0.25) is 4.72 Å². The Morgan fingerprint density at radius 1 is 1.44 bits per heavy atom. The van der Waals surface area contributed by atoms with Gasteiger partial charge in [0.25, 0.3) is 0 Å². The fraction of sp³-hybridized carbons (Fsp3) is 0.455. The van der Waals surface area contributed by atoms with Gasteiger partial charge in [-0.15, -0.1) is 0 Å². The zero-order chi connectivity index (χ0) is 13.8. The van der Waals surface area contributed by atoms with E-state index in [1.54, 1.807) is 6.07 Å². The molecule has 1 N–H and O–H groups in total. The molecule has 0 unspecified atom stereocenters. The van der Waals surface area contributed by atoms with E-state index in [1.807, 2.05) is 26.0 Å². The number of sulfonamides is 1. The molecule has 0 fully saturated rings. The van der Waals surface area contributed by atoms with Gasteiger partial charge in [-0.2, -0.15) is 0 Å². The molecule has 0 saturated carbocycles. The Labute approximate surface area is 130 Å². The minimum absolute atomic E-state index is 0.0326. The van der Waals surface area contributed by atoms with Gasteiger partial charge in [0.15, 0.2) is 0 Å². The van der Waals surface area contributed by atoms with E-state index in [-0.39, 0.29) is 18.5 Å². The maximum absolute atomic E-state index is 11.8. The number of halogens is 2. The standard InChI is InChI=1S/C11H15BrINO3S/c1-8(2)17-5-6-18(15,16)14-11-4-3-9(13)7-10(11)12/h3-4,7-8,14H,5-6H2,1-2H3. The average molecular weight is 448 g/mol. The van der Waals surface area contributed by atoms with E-state index >= 15 is 0 Å². The summed E-state index contributed by atoms with van der Waals surface area (Å²) in [4.78, 5) is 0. The van der Waals surface area contributed by atoms with Crippen LogP contribution in [0.1, 0.15) is 13.8 Å². The van der Waals surface area contributed by atoms with Crippen LogP contribution >= 0.6 is 38.5 Å². The second kappa shape index (κ2) is 7.06. The average Bonchev–Trinajstić information content (AvgIpc) is 2.21. The van der Waals surface area contributed by atoms with Crippen LogP contribution in [0.25, 0.3) is 0 Å². The molecule has 0 saturated heterocycles. The number of benzene rings is 1. The molecule has 1 rings (SSSR count). The molecule has 0 aromatic heterocycles. The van der Waals surface area contributed by atoms with Gasteiger partial charge in [-0.25, -0.2) is 8.42 Å². The molecule has 0 amide bonds. The Kier molecular flexibility index (Phi) is 6.36. The number of ether oxygens (including phenoxy) is 1. The van der Waals surface area contributed by atoms with E-state index < -0.39 is 10.0 Å². The Balaban J connectivity index is 2.65. The molecule has 0 spiro atoms. The second-order valence-corrected chi connectivity index (χ2v) is 7.91. The third kappa shape index (κ3) is 5.85. The molecule has 7 heteroatoms. The lowest BCUT2D eigenvalue weighted by Gasteiger charge is -2.11. The van der Waals surface area contributed by atoms with Crippen molar-refractivity contribution in [3.63, 3.8) is 0 Å². The second-order valence-electron chi connectivity index (χ2n) is 3.96. The maximum Gasteiger partial charge on any atom is 0.235 e. The highest BCUT2D eigenvalue weighted by molar-refractivity contribution is 14.1. The Bertz CT molecular complexity index is 505. The smallest absolute Gasteiger partial charge is 0.235 e. The largest absolute Gasteiger partial charge is 0.378 e. The summed E-state index contributed by atoms with van der Waals surface area (Å²) in [6.45, 7) is 3.93. The van der Waals surface area contributed by atoms with Gasteiger partial charge in [0.05, 0.1) is 24.2 Å². The monoisotopic (exact) mass is 447 g/mol. The first-order valence-corrected chi connectivity index (χ1v) is 8.90. The van der Waals surface area contributed by atoms with Crippen molar-refractivity contribution in [3.8, 4) is 0 Å².